The molecule has 5 aromatic rings. The van der Waals surface area contributed by atoms with E-state index in [-0.39, 0.29) is 0 Å². The van der Waals surface area contributed by atoms with Gasteiger partial charge in [0.25, 0.3) is 0 Å². The van der Waals surface area contributed by atoms with Crippen molar-refractivity contribution in [2.75, 3.05) is 0 Å². The van der Waals surface area contributed by atoms with Crippen molar-refractivity contribution >= 4 is 55.1 Å². The maximum Gasteiger partial charge on any atom is 0.582 e. The molecule has 0 aliphatic heterocycles. The summed E-state index contributed by atoms with van der Waals surface area (Å²) in [4.78, 5) is 12.4. The molecule has 0 aliphatic carbocycles. The van der Waals surface area contributed by atoms with Crippen LogP contribution in [0.2, 0.25) is 0 Å². The number of aromatic nitrogens is 2. The smallest absolute Gasteiger partial charge is 0.437 e. The lowest BCUT2D eigenvalue weighted by atomic mass is 9.99. The highest BCUT2D eigenvalue weighted by Crippen LogP contribution is 2.41. The standard InChI is InChI=1S/C22F6N6O2/c1-31-20(32-2)22-34-17-13(26)7-9(15(28)19(17)36-22)10(23)6-8(11(7)24)14(27)18-16(12(6)25)33-21(35-18)5(3-29)4-30. The Morgan fingerprint density at radius 1 is 0.639 bits per heavy atom. The molecule has 36 heavy (non-hydrogen) atoms. The number of benzene rings is 3. The Morgan fingerprint density at radius 2 is 1.03 bits per heavy atom. The Balaban J connectivity index is 2.10. The van der Waals surface area contributed by atoms with E-state index in [2.05, 4.69) is 19.7 Å². The van der Waals surface area contributed by atoms with Gasteiger partial charge in [0.2, 0.25) is 5.55 Å². The molecule has 8 nitrogen and oxygen atoms in total. The van der Waals surface area contributed by atoms with Gasteiger partial charge in [-0.2, -0.15) is 10.5 Å². The molecule has 0 bridgehead atoms. The van der Waals surface area contributed by atoms with Gasteiger partial charge in [0.15, 0.2) is 40.0 Å². The van der Waals surface area contributed by atoms with E-state index in [1.807, 2.05) is 0 Å². The monoisotopic (exact) mass is 494 g/mol. The fourth-order valence-corrected chi connectivity index (χ4v) is 3.66. The van der Waals surface area contributed by atoms with Gasteiger partial charge >= 0.3 is 11.4 Å². The topological polar surface area (TPSA) is 108 Å². The van der Waals surface area contributed by atoms with Crippen LogP contribution in [0.15, 0.2) is 8.83 Å². The van der Waals surface area contributed by atoms with Gasteiger partial charge in [-0.3, -0.25) is 0 Å². The number of nitriles is 2. The predicted octanol–water partition coefficient (Wildman–Crippen LogP) is 4.21. The van der Waals surface area contributed by atoms with Crippen molar-refractivity contribution in [1.29, 1.82) is 10.5 Å². The van der Waals surface area contributed by atoms with Crippen LogP contribution in [-0.4, -0.2) is 9.97 Å². The van der Waals surface area contributed by atoms with Crippen LogP contribution < -0.4 is 11.1 Å². The summed E-state index contributed by atoms with van der Waals surface area (Å²) in [6.45, 7) is 13.8. The van der Waals surface area contributed by atoms with Gasteiger partial charge in [0.1, 0.15) is 48.0 Å². The second kappa shape index (κ2) is 7.45. The summed E-state index contributed by atoms with van der Waals surface area (Å²) in [5, 5.41) is 12.0. The number of rotatable bonds is 0. The Morgan fingerprint density at radius 3 is 1.44 bits per heavy atom. The van der Waals surface area contributed by atoms with Crippen molar-refractivity contribution in [3.63, 3.8) is 0 Å². The van der Waals surface area contributed by atoms with Crippen molar-refractivity contribution < 1.29 is 35.2 Å². The maximum atomic E-state index is 15.5. The number of halogens is 6. The molecule has 14 heteroatoms. The molecule has 0 N–H and O–H groups in total. The molecule has 172 valence electrons. The third-order valence-corrected chi connectivity index (χ3v) is 5.17. The van der Waals surface area contributed by atoms with Crippen LogP contribution in [0.25, 0.3) is 64.8 Å². The van der Waals surface area contributed by atoms with Crippen molar-refractivity contribution in [2.24, 2.45) is 0 Å². The summed E-state index contributed by atoms with van der Waals surface area (Å²) >= 11 is 0. The molecule has 2 heterocycles. The van der Waals surface area contributed by atoms with Gasteiger partial charge in [-0.05, 0) is 0 Å². The number of hydrogen-bond acceptors (Lipinski definition) is 6. The molecule has 0 saturated carbocycles. The fraction of sp³-hybridized carbons (Fsp3) is 0. The van der Waals surface area contributed by atoms with Crippen LogP contribution >= 0.6 is 0 Å². The van der Waals surface area contributed by atoms with Gasteiger partial charge in [0, 0.05) is 0 Å². The second-order valence-corrected chi connectivity index (χ2v) is 6.92. The lowest BCUT2D eigenvalue weighted by Crippen LogP contribution is -2.04. The van der Waals surface area contributed by atoms with Gasteiger partial charge in [0.05, 0.1) is 21.5 Å². The number of nitrogens with zero attached hydrogens (tertiary/aromatic N) is 6. The lowest BCUT2D eigenvalue weighted by Gasteiger charge is -2.11. The minimum absolute atomic E-state index is 0.811. The van der Waals surface area contributed by atoms with E-state index in [4.69, 9.17) is 32.5 Å². The third-order valence-electron chi connectivity index (χ3n) is 5.17. The van der Waals surface area contributed by atoms with E-state index < -0.39 is 101 Å². The molecule has 3 aromatic carbocycles. The third kappa shape index (κ3) is 2.61. The average molecular weight is 494 g/mol. The molecule has 5 rings (SSSR count). The van der Waals surface area contributed by atoms with E-state index in [1.54, 1.807) is 0 Å². The predicted molar refractivity (Wildman–Crippen MR) is 107 cm³/mol. The van der Waals surface area contributed by atoms with Gasteiger partial charge in [-0.25, -0.2) is 36.3 Å². The molecule has 0 atom stereocenters. The van der Waals surface area contributed by atoms with Crippen LogP contribution in [0.1, 0.15) is 0 Å². The molecule has 0 fully saturated rings. The van der Waals surface area contributed by atoms with Crippen molar-refractivity contribution in [2.45, 2.75) is 0 Å². The Hall–Kier alpha value is -5.60. The largest absolute Gasteiger partial charge is 0.582 e. The summed E-state index contributed by atoms with van der Waals surface area (Å²) in [5.74, 6) is -11.8. The van der Waals surface area contributed by atoms with Gasteiger partial charge in [-0.15, -0.1) is 9.69 Å². The number of oxazole rings is 2. The average Bonchev–Trinajstić information content (AvgIpc) is 3.50. The molecule has 0 unspecified atom stereocenters. The van der Waals surface area contributed by atoms with E-state index in [0.29, 0.717) is 0 Å². The maximum absolute atomic E-state index is 15.5. The molecular weight excluding hydrogens is 494 g/mol. The first kappa shape index (κ1) is 22.2. The summed E-state index contributed by atoms with van der Waals surface area (Å²) in [6, 6.07) is 2.72. The highest BCUT2D eigenvalue weighted by Gasteiger charge is 2.32. The first-order valence-corrected chi connectivity index (χ1v) is 9.19. The normalized spacial score (nSPS) is 10.9. The molecule has 0 spiro atoms. The molecule has 0 amide bonds. The molecular formula is C22F6N6O2. The van der Waals surface area contributed by atoms with E-state index in [0.717, 1.165) is 0 Å². The van der Waals surface area contributed by atoms with E-state index in [1.165, 1.54) is 12.1 Å². The molecule has 0 aliphatic rings. The van der Waals surface area contributed by atoms with E-state index >= 15 is 26.3 Å². The zero-order valence-electron chi connectivity index (χ0n) is 16.8. The first-order valence-electron chi connectivity index (χ1n) is 9.19. The minimum Gasteiger partial charge on any atom is -0.437 e. The van der Waals surface area contributed by atoms with Crippen molar-refractivity contribution in [3.05, 3.63) is 68.8 Å². The number of hydrogen-bond donors (Lipinski definition) is 0. The summed E-state index contributed by atoms with van der Waals surface area (Å²) in [7, 11) is 0. The molecule has 0 radical (unpaired) electrons. The van der Waals surface area contributed by atoms with Crippen LogP contribution in [0.5, 0.6) is 0 Å². The van der Waals surface area contributed by atoms with Crippen LogP contribution in [0, 0.1) is 70.7 Å². The van der Waals surface area contributed by atoms with Crippen molar-refractivity contribution in [3.8, 4) is 12.1 Å². The Kier molecular flexibility index (Phi) is 4.60. The van der Waals surface area contributed by atoms with Crippen LogP contribution in [-0.2, 0) is 0 Å². The summed E-state index contributed by atoms with van der Waals surface area (Å²) < 4.78 is 102. The zero-order chi connectivity index (χ0) is 26.0. The minimum atomic E-state index is -1.94. The van der Waals surface area contributed by atoms with Gasteiger partial charge in [-0.1, -0.05) is 0 Å². The van der Waals surface area contributed by atoms with Crippen LogP contribution in [0.3, 0.4) is 0 Å². The summed E-state index contributed by atoms with van der Waals surface area (Å²) in [6.07, 6.45) is 0. The van der Waals surface area contributed by atoms with Crippen molar-refractivity contribution in [1.82, 2.24) is 9.97 Å². The quantitative estimate of drug-likeness (QED) is 0.181. The highest BCUT2D eigenvalue weighted by molar-refractivity contribution is 6.08. The fourth-order valence-electron chi connectivity index (χ4n) is 3.66. The number of fused-ring (bicyclic) bond motifs is 4. The second-order valence-electron chi connectivity index (χ2n) is 6.92. The van der Waals surface area contributed by atoms with Gasteiger partial charge < -0.3 is 8.83 Å². The lowest BCUT2D eigenvalue weighted by molar-refractivity contribution is 0.522. The summed E-state index contributed by atoms with van der Waals surface area (Å²) in [5.41, 5.74) is -6.82. The molecule has 0 saturated heterocycles. The first-order chi connectivity index (χ1) is 17.2. The highest BCUT2D eigenvalue weighted by atomic mass is 19.2. The SMILES string of the molecule is [C-]#[N+]C([N+]#[C-])=c1nc2c(F)c3c(F)c4c(F)c5oc(=C(C#N)C#N)nc5c(F)c4c(F)c3c(F)c2o1. The molecule has 2 aromatic heterocycles. The Bertz CT molecular complexity index is 1870. The van der Waals surface area contributed by atoms with E-state index in [9.17, 15) is 0 Å². The van der Waals surface area contributed by atoms with Crippen LogP contribution in [0.4, 0.5) is 26.3 Å². The Labute approximate surface area is 192 Å². The zero-order valence-corrected chi connectivity index (χ0v) is 16.8.